The van der Waals surface area contributed by atoms with Crippen LogP contribution in [-0.2, 0) is 19.6 Å². The highest BCUT2D eigenvalue weighted by atomic mass is 32.2. The van der Waals surface area contributed by atoms with Gasteiger partial charge in [-0.2, -0.15) is 11.8 Å². The highest BCUT2D eigenvalue weighted by Gasteiger charge is 2.41. The average molecular weight is 537 g/mol. The number of sulfonamides is 1. The molecule has 0 aliphatic carbocycles. The third-order valence-electron chi connectivity index (χ3n) is 6.03. The van der Waals surface area contributed by atoms with Crippen molar-refractivity contribution >= 4 is 45.3 Å². The van der Waals surface area contributed by atoms with E-state index in [0.29, 0.717) is 29.2 Å². The predicted octanol–water partition coefficient (Wildman–Crippen LogP) is 4.87. The Kier molecular flexibility index (Phi) is 9.52. The maximum Gasteiger partial charge on any atom is 0.304 e. The Morgan fingerprint density at radius 1 is 1.06 bits per heavy atom. The molecule has 1 amide bonds. The molecule has 2 rings (SSSR count). The van der Waals surface area contributed by atoms with Crippen LogP contribution in [0.2, 0.25) is 0 Å². The zero-order valence-corrected chi connectivity index (χ0v) is 23.5. The van der Waals surface area contributed by atoms with E-state index in [9.17, 15) is 18.0 Å². The Morgan fingerprint density at radius 2 is 1.61 bits per heavy atom. The molecule has 198 valence electrons. The number of nitrogens with zero attached hydrogens (tertiary/aromatic N) is 2. The van der Waals surface area contributed by atoms with E-state index in [1.807, 2.05) is 34.6 Å². The number of carbonyl (C=O) groups excluding carboxylic acids is 1. The fourth-order valence-corrected chi connectivity index (χ4v) is 6.01. The second kappa shape index (κ2) is 11.6. The number of amides is 1. The van der Waals surface area contributed by atoms with Crippen LogP contribution in [0.1, 0.15) is 58.8 Å². The lowest BCUT2D eigenvalue weighted by Crippen LogP contribution is -2.42. The van der Waals surface area contributed by atoms with Crippen molar-refractivity contribution in [3.63, 3.8) is 0 Å². The van der Waals surface area contributed by atoms with Crippen LogP contribution in [0.4, 0.5) is 11.6 Å². The summed E-state index contributed by atoms with van der Waals surface area (Å²) in [5.41, 5.74) is 1.04. The third kappa shape index (κ3) is 8.19. The predicted molar refractivity (Wildman–Crippen MR) is 144 cm³/mol. The third-order valence-corrected chi connectivity index (χ3v) is 8.70. The molecule has 0 bridgehead atoms. The summed E-state index contributed by atoms with van der Waals surface area (Å²) in [4.78, 5) is 32.5. The van der Waals surface area contributed by atoms with E-state index in [2.05, 4.69) is 20.0 Å². The van der Waals surface area contributed by atoms with E-state index >= 15 is 0 Å². The lowest BCUT2D eigenvalue weighted by atomic mass is 9.72. The van der Waals surface area contributed by atoms with Gasteiger partial charge in [0.1, 0.15) is 0 Å². The molecule has 3 N–H and O–H groups in total. The van der Waals surface area contributed by atoms with E-state index in [-0.39, 0.29) is 33.8 Å². The number of aromatic nitrogens is 2. The monoisotopic (exact) mass is 536 g/mol. The molecular formula is C25H36N4O5S2. The number of hydrogen-bond acceptors (Lipinski definition) is 7. The highest BCUT2D eigenvalue weighted by Crippen LogP contribution is 2.42. The van der Waals surface area contributed by atoms with Crippen molar-refractivity contribution in [1.29, 1.82) is 0 Å². The molecule has 1 atom stereocenters. The Morgan fingerprint density at radius 3 is 2.11 bits per heavy atom. The van der Waals surface area contributed by atoms with Gasteiger partial charge in [-0.25, -0.2) is 23.1 Å². The number of carbonyl (C=O) groups is 2. The van der Waals surface area contributed by atoms with E-state index in [1.54, 1.807) is 32.0 Å². The lowest BCUT2D eigenvalue weighted by Gasteiger charge is -2.39. The molecule has 36 heavy (non-hydrogen) atoms. The summed E-state index contributed by atoms with van der Waals surface area (Å²) in [5, 5.41) is 11.8. The zero-order valence-electron chi connectivity index (χ0n) is 21.9. The molecule has 9 nitrogen and oxygen atoms in total. The summed E-state index contributed by atoms with van der Waals surface area (Å²) in [7, 11) is -3.91. The first-order chi connectivity index (χ1) is 16.5. The van der Waals surface area contributed by atoms with Gasteiger partial charge in [0.15, 0.2) is 0 Å². The maximum atomic E-state index is 13.4. The molecule has 0 aliphatic rings. The summed E-state index contributed by atoms with van der Waals surface area (Å²) in [6.07, 6.45) is 0.610. The Balaban J connectivity index is 2.14. The van der Waals surface area contributed by atoms with E-state index in [4.69, 9.17) is 5.11 Å². The first kappa shape index (κ1) is 29.6. The number of nitrogens with one attached hydrogen (secondary N) is 2. The van der Waals surface area contributed by atoms with Crippen molar-refractivity contribution in [2.75, 3.05) is 15.8 Å². The molecule has 0 radical (unpaired) electrons. The SMILES string of the molecule is Cc1cc(C)nc(NS(=O)(=O)c2ccc(NC(=O)C(C)(CC(C)(C)SCCC(=O)O)C(C)C)cc2)n1. The molecule has 0 aliphatic heterocycles. The van der Waals surface area contributed by atoms with Crippen molar-refractivity contribution in [3.05, 3.63) is 41.7 Å². The van der Waals surface area contributed by atoms with Crippen LogP contribution >= 0.6 is 11.8 Å². The number of aliphatic carboxylic acids is 1. The van der Waals surface area contributed by atoms with Crippen LogP contribution in [0.5, 0.6) is 0 Å². The maximum absolute atomic E-state index is 13.4. The van der Waals surface area contributed by atoms with Gasteiger partial charge in [0.05, 0.1) is 16.7 Å². The molecule has 11 heteroatoms. The van der Waals surface area contributed by atoms with Crippen LogP contribution in [0, 0.1) is 25.2 Å². The smallest absolute Gasteiger partial charge is 0.304 e. The van der Waals surface area contributed by atoms with Gasteiger partial charge < -0.3 is 10.4 Å². The van der Waals surface area contributed by atoms with Gasteiger partial charge in [0.25, 0.3) is 10.0 Å². The van der Waals surface area contributed by atoms with Gasteiger partial charge >= 0.3 is 5.97 Å². The standard InChI is InChI=1S/C25H36N4O5S2/c1-16(2)25(7,15-24(5,6)35-13-12-21(30)31)22(32)28-19-8-10-20(11-9-19)36(33,34)29-23-26-17(3)14-18(4)27-23/h8-11,14,16H,12-13,15H2,1-7H3,(H,28,32)(H,30,31)(H,26,27,29). The minimum Gasteiger partial charge on any atom is -0.481 e. The summed E-state index contributed by atoms with van der Waals surface area (Å²) >= 11 is 1.54. The average Bonchev–Trinajstić information content (AvgIpc) is 2.72. The van der Waals surface area contributed by atoms with Gasteiger partial charge in [-0.1, -0.05) is 34.6 Å². The molecule has 1 aromatic carbocycles. The first-order valence-corrected chi connectivity index (χ1v) is 14.1. The van der Waals surface area contributed by atoms with Gasteiger partial charge in [-0.05, 0) is 56.5 Å². The molecular weight excluding hydrogens is 500 g/mol. The van der Waals surface area contributed by atoms with Crippen LogP contribution in [0.25, 0.3) is 0 Å². The topological polar surface area (TPSA) is 138 Å². The largest absolute Gasteiger partial charge is 0.481 e. The molecule has 1 aromatic heterocycles. The molecule has 1 unspecified atom stereocenters. The second-order valence-electron chi connectivity index (χ2n) is 10.1. The minimum absolute atomic E-state index is 0.00131. The molecule has 0 saturated heterocycles. The number of anilines is 2. The number of benzene rings is 1. The zero-order chi connectivity index (χ0) is 27.3. The number of carboxylic acid groups (broad SMARTS) is 1. The van der Waals surface area contributed by atoms with Crippen molar-refractivity contribution in [3.8, 4) is 0 Å². The van der Waals surface area contributed by atoms with Crippen LogP contribution in [0.15, 0.2) is 35.2 Å². The highest BCUT2D eigenvalue weighted by molar-refractivity contribution is 8.00. The fourth-order valence-electron chi connectivity index (χ4n) is 3.84. The van der Waals surface area contributed by atoms with Crippen molar-refractivity contribution in [2.24, 2.45) is 11.3 Å². The molecule has 0 spiro atoms. The molecule has 2 aromatic rings. The molecule has 0 fully saturated rings. The number of hydrogen-bond donors (Lipinski definition) is 3. The van der Waals surface area contributed by atoms with E-state index in [1.165, 1.54) is 23.9 Å². The molecule has 0 saturated carbocycles. The van der Waals surface area contributed by atoms with Gasteiger partial charge in [0, 0.05) is 27.6 Å². The van der Waals surface area contributed by atoms with Gasteiger partial charge in [0.2, 0.25) is 11.9 Å². The van der Waals surface area contributed by atoms with Gasteiger partial charge in [-0.3, -0.25) is 9.59 Å². The van der Waals surface area contributed by atoms with Crippen LogP contribution in [0.3, 0.4) is 0 Å². The van der Waals surface area contributed by atoms with Crippen molar-refractivity contribution in [2.45, 2.75) is 71.0 Å². The normalized spacial score (nSPS) is 13.8. The summed E-state index contributed by atoms with van der Waals surface area (Å²) in [6, 6.07) is 7.67. The summed E-state index contributed by atoms with van der Waals surface area (Å²) < 4.78 is 27.6. The summed E-state index contributed by atoms with van der Waals surface area (Å²) in [5.74, 6) is -0.540. The van der Waals surface area contributed by atoms with Crippen molar-refractivity contribution in [1.82, 2.24) is 9.97 Å². The van der Waals surface area contributed by atoms with E-state index in [0.717, 1.165) is 0 Å². The first-order valence-electron chi connectivity index (χ1n) is 11.7. The lowest BCUT2D eigenvalue weighted by molar-refractivity contribution is -0.136. The van der Waals surface area contributed by atoms with E-state index < -0.39 is 21.4 Å². The number of thioether (sulfide) groups is 1. The fraction of sp³-hybridized carbons (Fsp3) is 0.520. The number of rotatable bonds is 12. The van der Waals surface area contributed by atoms with Crippen LogP contribution < -0.4 is 10.0 Å². The Labute approximate surface area is 218 Å². The minimum atomic E-state index is -3.91. The van der Waals surface area contributed by atoms with Crippen molar-refractivity contribution < 1.29 is 23.1 Å². The summed E-state index contributed by atoms with van der Waals surface area (Å²) in [6.45, 7) is 13.4. The van der Waals surface area contributed by atoms with Gasteiger partial charge in [-0.15, -0.1) is 0 Å². The second-order valence-corrected chi connectivity index (χ2v) is 13.5. The molecule has 1 heterocycles. The number of aryl methyl sites for hydroxylation is 2. The number of carboxylic acids is 1. The Hall–Kier alpha value is -2.66. The quantitative estimate of drug-likeness (QED) is 0.349. The Bertz CT molecular complexity index is 1180. The van der Waals surface area contributed by atoms with Crippen LogP contribution in [-0.4, -0.2) is 45.9 Å².